The number of carbonyl (C=O) groups excluding carboxylic acids is 1. The molecule has 104 valence electrons. The third kappa shape index (κ3) is 3.23. The largest absolute Gasteiger partial charge is 0.380 e. The molecule has 2 aliphatic rings. The highest BCUT2D eigenvalue weighted by molar-refractivity contribution is 7.92. The summed E-state index contributed by atoms with van der Waals surface area (Å²) in [5.41, 5.74) is 0. The second kappa shape index (κ2) is 5.57. The molecule has 1 saturated heterocycles. The molecule has 0 aromatic heterocycles. The van der Waals surface area contributed by atoms with Gasteiger partial charge in [-0.2, -0.15) is 0 Å². The van der Waals surface area contributed by atoms with E-state index in [1.54, 1.807) is 4.90 Å². The van der Waals surface area contributed by atoms with Crippen molar-refractivity contribution < 1.29 is 17.9 Å². The highest BCUT2D eigenvalue weighted by Crippen LogP contribution is 2.27. The quantitative estimate of drug-likeness (QED) is 0.736. The number of hydrogen-bond donors (Lipinski definition) is 0. The predicted octanol–water partition coefficient (Wildman–Crippen LogP) is 0.591. The van der Waals surface area contributed by atoms with Crippen LogP contribution in [0.15, 0.2) is 0 Å². The maximum atomic E-state index is 12.1. The molecule has 0 bridgehead atoms. The van der Waals surface area contributed by atoms with Gasteiger partial charge in [0.05, 0.1) is 11.9 Å². The molecule has 1 aliphatic carbocycles. The van der Waals surface area contributed by atoms with Crippen LogP contribution in [0.5, 0.6) is 0 Å². The SMILES string of the molecule is CCN(C(=O)CS(=O)(=O)C1CCCOC1)C1CC1. The normalized spacial score (nSPS) is 24.8. The smallest absolute Gasteiger partial charge is 0.238 e. The number of hydrogen-bond acceptors (Lipinski definition) is 4. The van der Waals surface area contributed by atoms with Gasteiger partial charge >= 0.3 is 0 Å². The summed E-state index contributed by atoms with van der Waals surface area (Å²) >= 11 is 0. The van der Waals surface area contributed by atoms with Crippen LogP contribution in [0.3, 0.4) is 0 Å². The molecule has 5 nitrogen and oxygen atoms in total. The lowest BCUT2D eigenvalue weighted by Gasteiger charge is -2.24. The number of ether oxygens (including phenoxy) is 1. The van der Waals surface area contributed by atoms with Crippen LogP contribution in [-0.4, -0.2) is 56.0 Å². The second-order valence-corrected chi connectivity index (χ2v) is 7.34. The molecule has 1 saturated carbocycles. The monoisotopic (exact) mass is 275 g/mol. The second-order valence-electron chi connectivity index (χ2n) is 5.06. The van der Waals surface area contributed by atoms with E-state index in [1.807, 2.05) is 6.92 Å². The fourth-order valence-corrected chi connectivity index (χ4v) is 3.97. The summed E-state index contributed by atoms with van der Waals surface area (Å²) in [6.07, 6.45) is 3.39. The average Bonchev–Trinajstić information content (AvgIpc) is 3.15. The molecule has 0 N–H and O–H groups in total. The highest BCUT2D eigenvalue weighted by atomic mass is 32.2. The summed E-state index contributed by atoms with van der Waals surface area (Å²) in [5.74, 6) is -0.601. The summed E-state index contributed by atoms with van der Waals surface area (Å²) < 4.78 is 29.5. The fraction of sp³-hybridized carbons (Fsp3) is 0.917. The Morgan fingerprint density at radius 1 is 1.33 bits per heavy atom. The minimum absolute atomic E-state index is 0.241. The highest BCUT2D eigenvalue weighted by Gasteiger charge is 2.36. The topological polar surface area (TPSA) is 63.7 Å². The summed E-state index contributed by atoms with van der Waals surface area (Å²) in [7, 11) is -3.36. The van der Waals surface area contributed by atoms with Gasteiger partial charge in [-0.05, 0) is 32.6 Å². The van der Waals surface area contributed by atoms with Crippen LogP contribution in [0.2, 0.25) is 0 Å². The molecule has 1 heterocycles. The van der Waals surface area contributed by atoms with E-state index in [0.717, 1.165) is 19.3 Å². The zero-order valence-corrected chi connectivity index (χ0v) is 11.6. The molecule has 2 fully saturated rings. The van der Waals surface area contributed by atoms with Crippen LogP contribution >= 0.6 is 0 Å². The molecular weight excluding hydrogens is 254 g/mol. The Labute approximate surface area is 108 Å². The van der Waals surface area contributed by atoms with Gasteiger partial charge in [0, 0.05) is 19.2 Å². The Balaban J connectivity index is 1.95. The summed E-state index contributed by atoms with van der Waals surface area (Å²) in [6.45, 7) is 3.36. The van der Waals surface area contributed by atoms with Gasteiger partial charge in [0.25, 0.3) is 0 Å². The number of rotatable bonds is 5. The van der Waals surface area contributed by atoms with Crippen LogP contribution in [0.4, 0.5) is 0 Å². The Hall–Kier alpha value is -0.620. The molecule has 6 heteroatoms. The van der Waals surface area contributed by atoms with Gasteiger partial charge in [-0.25, -0.2) is 8.42 Å². The molecule has 0 spiro atoms. The fourth-order valence-electron chi connectivity index (χ4n) is 2.39. The first-order valence-electron chi connectivity index (χ1n) is 6.63. The molecule has 0 radical (unpaired) electrons. The van der Waals surface area contributed by atoms with Gasteiger partial charge in [-0.3, -0.25) is 4.79 Å². The van der Waals surface area contributed by atoms with Crippen LogP contribution in [-0.2, 0) is 19.4 Å². The number of carbonyl (C=O) groups is 1. The Kier molecular flexibility index (Phi) is 4.27. The molecule has 1 atom stereocenters. The Bertz CT molecular complexity index is 396. The van der Waals surface area contributed by atoms with Crippen molar-refractivity contribution in [3.05, 3.63) is 0 Å². The number of amides is 1. The average molecular weight is 275 g/mol. The zero-order valence-electron chi connectivity index (χ0n) is 10.8. The molecule has 18 heavy (non-hydrogen) atoms. The van der Waals surface area contributed by atoms with Crippen molar-refractivity contribution in [2.24, 2.45) is 0 Å². The van der Waals surface area contributed by atoms with Crippen LogP contribution in [0.25, 0.3) is 0 Å². The van der Waals surface area contributed by atoms with Crippen molar-refractivity contribution in [1.82, 2.24) is 4.90 Å². The van der Waals surface area contributed by atoms with Crippen LogP contribution in [0.1, 0.15) is 32.6 Å². The predicted molar refractivity (Wildman–Crippen MR) is 68.0 cm³/mol. The molecule has 2 rings (SSSR count). The van der Waals surface area contributed by atoms with E-state index < -0.39 is 15.1 Å². The van der Waals surface area contributed by atoms with Gasteiger partial charge in [-0.15, -0.1) is 0 Å². The first-order chi connectivity index (χ1) is 8.54. The van der Waals surface area contributed by atoms with Gasteiger partial charge in [-0.1, -0.05) is 0 Å². The van der Waals surface area contributed by atoms with Crippen molar-refractivity contribution in [2.75, 3.05) is 25.5 Å². The maximum absolute atomic E-state index is 12.1. The minimum Gasteiger partial charge on any atom is -0.380 e. The molecular formula is C12H21NO4S. The van der Waals surface area contributed by atoms with Crippen molar-refractivity contribution >= 4 is 15.7 Å². The van der Waals surface area contributed by atoms with E-state index in [1.165, 1.54) is 0 Å². The molecule has 1 unspecified atom stereocenters. The van der Waals surface area contributed by atoms with Gasteiger partial charge in [0.2, 0.25) is 5.91 Å². The summed E-state index contributed by atoms with van der Waals surface area (Å²) in [6, 6.07) is 0.278. The minimum atomic E-state index is -3.36. The lowest BCUT2D eigenvalue weighted by Crippen LogP contribution is -2.41. The van der Waals surface area contributed by atoms with Gasteiger partial charge in [0.15, 0.2) is 9.84 Å². The van der Waals surface area contributed by atoms with Crippen molar-refractivity contribution in [3.63, 3.8) is 0 Å². The zero-order chi connectivity index (χ0) is 13.2. The van der Waals surface area contributed by atoms with E-state index in [9.17, 15) is 13.2 Å². The lowest BCUT2D eigenvalue weighted by atomic mass is 10.2. The van der Waals surface area contributed by atoms with Crippen LogP contribution in [0, 0.1) is 0 Å². The number of nitrogens with zero attached hydrogens (tertiary/aromatic N) is 1. The molecule has 1 amide bonds. The standard InChI is InChI=1S/C12H21NO4S/c1-2-13(10-5-6-10)12(14)9-18(15,16)11-4-3-7-17-8-11/h10-11H,2-9H2,1H3. The van der Waals surface area contributed by atoms with E-state index in [2.05, 4.69) is 0 Å². The summed E-state index contributed by atoms with van der Waals surface area (Å²) in [4.78, 5) is 13.7. The van der Waals surface area contributed by atoms with Gasteiger partial charge in [0.1, 0.15) is 5.75 Å². The third-order valence-corrected chi connectivity index (χ3v) is 5.64. The van der Waals surface area contributed by atoms with Crippen LogP contribution < -0.4 is 0 Å². The first kappa shape index (κ1) is 13.8. The Morgan fingerprint density at radius 2 is 2.06 bits per heavy atom. The van der Waals surface area contributed by atoms with Gasteiger partial charge < -0.3 is 9.64 Å². The summed E-state index contributed by atoms with van der Waals surface area (Å²) in [5, 5.41) is -0.492. The van der Waals surface area contributed by atoms with E-state index in [0.29, 0.717) is 19.6 Å². The van der Waals surface area contributed by atoms with E-state index in [-0.39, 0.29) is 24.3 Å². The van der Waals surface area contributed by atoms with E-state index >= 15 is 0 Å². The van der Waals surface area contributed by atoms with Crippen molar-refractivity contribution in [2.45, 2.75) is 43.9 Å². The van der Waals surface area contributed by atoms with E-state index in [4.69, 9.17) is 4.74 Å². The van der Waals surface area contributed by atoms with Crippen molar-refractivity contribution in [1.29, 1.82) is 0 Å². The Morgan fingerprint density at radius 3 is 2.56 bits per heavy atom. The first-order valence-corrected chi connectivity index (χ1v) is 8.35. The molecule has 1 aliphatic heterocycles. The number of sulfone groups is 1. The maximum Gasteiger partial charge on any atom is 0.238 e. The molecule has 0 aromatic carbocycles. The molecule has 0 aromatic rings. The van der Waals surface area contributed by atoms with Crippen molar-refractivity contribution in [3.8, 4) is 0 Å². The third-order valence-electron chi connectivity index (χ3n) is 3.60. The lowest BCUT2D eigenvalue weighted by molar-refractivity contribution is -0.128.